The van der Waals surface area contributed by atoms with Crippen LogP contribution in [0.1, 0.15) is 29.8 Å². The Labute approximate surface area is 202 Å². The maximum absolute atomic E-state index is 13.1. The number of aliphatic carboxylic acids is 1. The Kier molecular flexibility index (Phi) is 6.38. The van der Waals surface area contributed by atoms with Crippen molar-refractivity contribution in [2.24, 2.45) is 11.8 Å². The molecule has 35 heavy (non-hydrogen) atoms. The maximum Gasteiger partial charge on any atom is 0.327 e. The third-order valence-corrected chi connectivity index (χ3v) is 7.37. The third-order valence-electron chi connectivity index (χ3n) is 7.37. The van der Waals surface area contributed by atoms with E-state index in [-0.39, 0.29) is 32.1 Å². The van der Waals surface area contributed by atoms with E-state index in [1.54, 1.807) is 11.0 Å². The zero-order chi connectivity index (χ0) is 24.5. The van der Waals surface area contributed by atoms with Crippen molar-refractivity contribution in [3.05, 3.63) is 42.1 Å². The van der Waals surface area contributed by atoms with Gasteiger partial charge in [0.2, 0.25) is 5.91 Å². The average molecular weight is 480 g/mol. The first kappa shape index (κ1) is 23.2. The molecule has 2 atom stereocenters. The number of benzene rings is 1. The number of carboxylic acids is 1. The SMILES string of the molecule is O=C(O)[C@@H]1[C@@H](CC2CCNCC2)C(=O)N1C(=O)N1CCN(C(=O)c2ccc3ccccc3n2)CC1. The summed E-state index contributed by atoms with van der Waals surface area (Å²) in [4.78, 5) is 59.2. The molecule has 2 aromatic rings. The van der Waals surface area contributed by atoms with Gasteiger partial charge in [-0.3, -0.25) is 9.59 Å². The first-order valence-corrected chi connectivity index (χ1v) is 12.1. The predicted molar refractivity (Wildman–Crippen MR) is 127 cm³/mol. The van der Waals surface area contributed by atoms with Gasteiger partial charge in [-0.25, -0.2) is 19.5 Å². The van der Waals surface area contributed by atoms with Gasteiger partial charge in [0.1, 0.15) is 5.69 Å². The number of piperidine rings is 1. The highest BCUT2D eigenvalue weighted by Gasteiger charge is 2.56. The number of likely N-dealkylation sites (tertiary alicyclic amines) is 1. The summed E-state index contributed by atoms with van der Waals surface area (Å²) in [6.07, 6.45) is 2.32. The molecule has 3 aliphatic heterocycles. The number of carbonyl (C=O) groups excluding carboxylic acids is 3. The van der Waals surface area contributed by atoms with Crippen molar-refractivity contribution in [2.45, 2.75) is 25.3 Å². The van der Waals surface area contributed by atoms with Crippen LogP contribution in [0.4, 0.5) is 4.79 Å². The molecule has 4 heterocycles. The van der Waals surface area contributed by atoms with Crippen LogP contribution in [-0.4, -0.2) is 93.9 Å². The standard InChI is InChI=1S/C25H29N5O5/c31-22-18(15-16-7-9-26-10-8-16)21(24(33)34)30(22)25(35)29-13-11-28(12-14-29)23(32)20-6-5-17-3-1-2-4-19(17)27-20/h1-6,16,18,21,26H,7-15H2,(H,33,34)/t18-,21+/m1/s1. The number of nitrogens with zero attached hydrogens (tertiary/aromatic N) is 4. The molecule has 0 bridgehead atoms. The van der Waals surface area contributed by atoms with Gasteiger partial charge in [0, 0.05) is 31.6 Å². The van der Waals surface area contributed by atoms with Crippen molar-refractivity contribution < 1.29 is 24.3 Å². The Balaban J connectivity index is 1.20. The van der Waals surface area contributed by atoms with E-state index in [2.05, 4.69) is 10.3 Å². The number of imide groups is 1. The number of rotatable bonds is 4. The van der Waals surface area contributed by atoms with Gasteiger partial charge in [-0.15, -0.1) is 0 Å². The van der Waals surface area contributed by atoms with E-state index < -0.39 is 29.9 Å². The van der Waals surface area contributed by atoms with Gasteiger partial charge in [0.25, 0.3) is 5.91 Å². The molecule has 1 aromatic heterocycles. The summed E-state index contributed by atoms with van der Waals surface area (Å²) in [5.41, 5.74) is 1.08. The highest BCUT2D eigenvalue weighted by molar-refractivity contribution is 6.07. The van der Waals surface area contributed by atoms with Crippen LogP contribution < -0.4 is 5.32 Å². The fraction of sp³-hybridized carbons (Fsp3) is 0.480. The molecule has 0 aliphatic carbocycles. The fourth-order valence-electron chi connectivity index (χ4n) is 5.35. The number of nitrogens with one attached hydrogen (secondary N) is 1. The van der Waals surface area contributed by atoms with Crippen molar-refractivity contribution in [2.75, 3.05) is 39.3 Å². The molecule has 10 nitrogen and oxygen atoms in total. The number of hydrogen-bond donors (Lipinski definition) is 2. The molecule has 3 aliphatic rings. The van der Waals surface area contributed by atoms with Crippen LogP contribution in [0.5, 0.6) is 0 Å². The molecule has 4 amide bonds. The number of pyridine rings is 1. The minimum atomic E-state index is -1.15. The second-order valence-electron chi connectivity index (χ2n) is 9.48. The number of amides is 4. The molecule has 1 aromatic carbocycles. The van der Waals surface area contributed by atoms with Gasteiger partial charge < -0.3 is 20.2 Å². The predicted octanol–water partition coefficient (Wildman–Crippen LogP) is 1.41. The third kappa shape index (κ3) is 4.45. The summed E-state index contributed by atoms with van der Waals surface area (Å²) in [6.45, 7) is 2.77. The zero-order valence-corrected chi connectivity index (χ0v) is 19.4. The van der Waals surface area contributed by atoms with Crippen LogP contribution in [0.2, 0.25) is 0 Å². The first-order valence-electron chi connectivity index (χ1n) is 12.1. The second-order valence-corrected chi connectivity index (χ2v) is 9.48. The van der Waals surface area contributed by atoms with Crippen LogP contribution in [0.25, 0.3) is 10.9 Å². The average Bonchev–Trinajstić information content (AvgIpc) is 2.89. The molecule has 10 heteroatoms. The Morgan fingerprint density at radius 3 is 2.37 bits per heavy atom. The summed E-state index contributed by atoms with van der Waals surface area (Å²) in [7, 11) is 0. The molecule has 5 rings (SSSR count). The molecule has 0 saturated carbocycles. The van der Waals surface area contributed by atoms with E-state index in [4.69, 9.17) is 0 Å². The van der Waals surface area contributed by atoms with E-state index in [1.807, 2.05) is 30.3 Å². The number of urea groups is 1. The summed E-state index contributed by atoms with van der Waals surface area (Å²) < 4.78 is 0. The Hall–Kier alpha value is -3.53. The summed E-state index contributed by atoms with van der Waals surface area (Å²) in [5, 5.41) is 14.0. The number of fused-ring (bicyclic) bond motifs is 1. The fourth-order valence-corrected chi connectivity index (χ4v) is 5.35. The van der Waals surface area contributed by atoms with Crippen molar-refractivity contribution in [1.82, 2.24) is 25.0 Å². The molecule has 184 valence electrons. The lowest BCUT2D eigenvalue weighted by molar-refractivity contribution is -0.167. The number of para-hydroxylation sites is 1. The first-order chi connectivity index (χ1) is 16.9. The lowest BCUT2D eigenvalue weighted by Gasteiger charge is -2.47. The van der Waals surface area contributed by atoms with E-state index >= 15 is 0 Å². The van der Waals surface area contributed by atoms with E-state index in [0.29, 0.717) is 18.0 Å². The number of carbonyl (C=O) groups is 4. The Morgan fingerprint density at radius 1 is 0.971 bits per heavy atom. The molecule has 0 unspecified atom stereocenters. The lowest BCUT2D eigenvalue weighted by Crippen LogP contribution is -2.69. The van der Waals surface area contributed by atoms with Gasteiger partial charge in [-0.05, 0) is 50.4 Å². The molecular weight excluding hydrogens is 450 g/mol. The number of piperazine rings is 1. The highest BCUT2D eigenvalue weighted by atomic mass is 16.4. The van der Waals surface area contributed by atoms with Crippen molar-refractivity contribution in [1.29, 1.82) is 0 Å². The number of β-lactam (4-membered cyclic amide) rings is 1. The highest BCUT2D eigenvalue weighted by Crippen LogP contribution is 2.35. The van der Waals surface area contributed by atoms with Crippen LogP contribution in [0, 0.1) is 11.8 Å². The van der Waals surface area contributed by atoms with Crippen LogP contribution >= 0.6 is 0 Å². The van der Waals surface area contributed by atoms with Gasteiger partial charge in [-0.2, -0.15) is 0 Å². The largest absolute Gasteiger partial charge is 0.480 e. The molecule has 3 fully saturated rings. The number of aromatic nitrogens is 1. The maximum atomic E-state index is 13.1. The molecular formula is C25H29N5O5. The molecule has 0 radical (unpaired) electrons. The van der Waals surface area contributed by atoms with Gasteiger partial charge in [0.05, 0.1) is 11.4 Å². The monoisotopic (exact) mass is 479 g/mol. The number of hydrogen-bond acceptors (Lipinski definition) is 6. The number of carboxylic acid groups (broad SMARTS) is 1. The molecule has 2 N–H and O–H groups in total. The van der Waals surface area contributed by atoms with Crippen molar-refractivity contribution in [3.8, 4) is 0 Å². The Morgan fingerprint density at radius 2 is 1.66 bits per heavy atom. The molecule has 0 spiro atoms. The normalized spacial score (nSPS) is 23.3. The van der Waals surface area contributed by atoms with Gasteiger partial charge in [0.15, 0.2) is 6.04 Å². The minimum Gasteiger partial charge on any atom is -0.480 e. The van der Waals surface area contributed by atoms with Crippen molar-refractivity contribution in [3.63, 3.8) is 0 Å². The Bertz CT molecular complexity index is 1160. The summed E-state index contributed by atoms with van der Waals surface area (Å²) in [5.74, 6) is -2.12. The van der Waals surface area contributed by atoms with Crippen LogP contribution in [0.15, 0.2) is 36.4 Å². The zero-order valence-electron chi connectivity index (χ0n) is 19.4. The summed E-state index contributed by atoms with van der Waals surface area (Å²) >= 11 is 0. The van der Waals surface area contributed by atoms with Gasteiger partial charge in [-0.1, -0.05) is 24.3 Å². The van der Waals surface area contributed by atoms with Crippen LogP contribution in [-0.2, 0) is 9.59 Å². The summed E-state index contributed by atoms with van der Waals surface area (Å²) in [6, 6.07) is 9.41. The van der Waals surface area contributed by atoms with E-state index in [1.165, 1.54) is 4.90 Å². The minimum absolute atomic E-state index is 0.215. The van der Waals surface area contributed by atoms with Gasteiger partial charge >= 0.3 is 12.0 Å². The topological polar surface area (TPSA) is 123 Å². The quantitative estimate of drug-likeness (QED) is 0.636. The van der Waals surface area contributed by atoms with Crippen molar-refractivity contribution >= 4 is 34.7 Å². The molecule has 3 saturated heterocycles. The van der Waals surface area contributed by atoms with E-state index in [9.17, 15) is 24.3 Å². The lowest BCUT2D eigenvalue weighted by atomic mass is 9.78. The van der Waals surface area contributed by atoms with E-state index in [0.717, 1.165) is 41.7 Å². The van der Waals surface area contributed by atoms with Crippen LogP contribution in [0.3, 0.4) is 0 Å². The smallest absolute Gasteiger partial charge is 0.327 e. The second kappa shape index (κ2) is 9.61.